The van der Waals surface area contributed by atoms with Gasteiger partial charge in [-0.2, -0.15) is 0 Å². The molecule has 25 heavy (non-hydrogen) atoms. The van der Waals surface area contributed by atoms with Gasteiger partial charge in [0.05, 0.1) is 22.3 Å². The summed E-state index contributed by atoms with van der Waals surface area (Å²) in [7, 11) is 4.79. The van der Waals surface area contributed by atoms with Crippen molar-refractivity contribution in [2.45, 2.75) is 39.4 Å². The quantitative estimate of drug-likeness (QED) is 0.457. The monoisotopic (exact) mass is 364 g/mol. The van der Waals surface area contributed by atoms with Gasteiger partial charge < -0.3 is 14.4 Å². The third-order valence-corrected chi connectivity index (χ3v) is 6.91. The summed E-state index contributed by atoms with van der Waals surface area (Å²) in [6.45, 7) is 8.69. The highest BCUT2D eigenvalue weighted by Gasteiger charge is 2.54. The van der Waals surface area contributed by atoms with E-state index < -0.39 is 25.4 Å². The van der Waals surface area contributed by atoms with Crippen LogP contribution in [0, 0.1) is 12.3 Å². The van der Waals surface area contributed by atoms with Crippen molar-refractivity contribution in [1.82, 2.24) is 4.98 Å². The average Bonchev–Trinajstić information content (AvgIpc) is 2.93. The van der Waals surface area contributed by atoms with E-state index >= 15 is 0 Å². The Morgan fingerprint density at radius 2 is 1.52 bits per heavy atom. The van der Waals surface area contributed by atoms with Crippen molar-refractivity contribution < 1.29 is 19.1 Å². The highest BCUT2D eigenvalue weighted by molar-refractivity contribution is 6.90. The van der Waals surface area contributed by atoms with Crippen LogP contribution in [-0.4, -0.2) is 53.3 Å². The fourth-order valence-electron chi connectivity index (χ4n) is 3.76. The lowest BCUT2D eigenvalue weighted by molar-refractivity contribution is -0.168. The molecule has 138 valence electrons. The minimum Gasteiger partial charge on any atom is -0.468 e. The van der Waals surface area contributed by atoms with E-state index in [1.54, 1.807) is 0 Å². The summed E-state index contributed by atoms with van der Waals surface area (Å²) in [4.78, 5) is 31.9. The molecule has 1 heterocycles. The summed E-state index contributed by atoms with van der Waals surface area (Å²) in [6.07, 6.45) is 0.594. The molecule has 6 nitrogen and oxygen atoms in total. The maximum absolute atomic E-state index is 12.6. The predicted octanol–water partition coefficient (Wildman–Crippen LogP) is 1.43. The zero-order valence-corrected chi connectivity index (χ0v) is 17.4. The van der Waals surface area contributed by atoms with Gasteiger partial charge in [-0.15, -0.1) is 0 Å². The molecule has 1 aliphatic rings. The Kier molecular flexibility index (Phi) is 5.01. The van der Waals surface area contributed by atoms with Crippen molar-refractivity contribution in [1.29, 1.82) is 0 Å². The molecule has 0 saturated heterocycles. The third kappa shape index (κ3) is 3.05. The second-order valence-electron chi connectivity index (χ2n) is 7.92. The fraction of sp³-hybridized carbons (Fsp3) is 0.611. The number of esters is 2. The summed E-state index contributed by atoms with van der Waals surface area (Å²) in [5.74, 6) is -0.147. The van der Waals surface area contributed by atoms with Gasteiger partial charge >= 0.3 is 11.9 Å². The molecule has 0 N–H and O–H groups in total. The second-order valence-corrected chi connectivity index (χ2v) is 12.9. The van der Waals surface area contributed by atoms with E-state index in [-0.39, 0.29) is 6.42 Å². The summed E-state index contributed by atoms with van der Waals surface area (Å²) < 4.78 is 9.95. The number of fused-ring (bicyclic) bond motifs is 1. The van der Waals surface area contributed by atoms with Crippen LogP contribution in [0.5, 0.6) is 0 Å². The van der Waals surface area contributed by atoms with Crippen molar-refractivity contribution in [2.75, 3.05) is 33.2 Å². The van der Waals surface area contributed by atoms with E-state index in [0.29, 0.717) is 6.42 Å². The number of pyridine rings is 1. The number of methoxy groups -OCH3 is 2. The lowest BCUT2D eigenvalue weighted by Crippen LogP contribution is -2.46. The number of hydrogen-bond acceptors (Lipinski definition) is 6. The molecule has 0 spiro atoms. The maximum Gasteiger partial charge on any atom is 0.323 e. The van der Waals surface area contributed by atoms with Crippen molar-refractivity contribution in [3.05, 3.63) is 16.8 Å². The summed E-state index contributed by atoms with van der Waals surface area (Å²) in [5, 5.41) is 1.20. The number of aryl methyl sites for hydroxylation is 1. The van der Waals surface area contributed by atoms with Crippen molar-refractivity contribution in [2.24, 2.45) is 5.41 Å². The number of aromatic nitrogens is 1. The SMILES string of the molecule is COC(=O)C1(C(=O)OC)Cc2c(C)nc(N(C)C)c([Si](C)(C)C)c2C1. The molecule has 1 aliphatic carbocycles. The number of hydrogen-bond donors (Lipinski definition) is 0. The van der Waals surface area contributed by atoms with Gasteiger partial charge in [-0.3, -0.25) is 9.59 Å². The van der Waals surface area contributed by atoms with Crippen LogP contribution in [-0.2, 0) is 31.9 Å². The van der Waals surface area contributed by atoms with Gasteiger partial charge in [0.2, 0.25) is 0 Å². The normalized spacial score (nSPS) is 15.5. The number of anilines is 1. The lowest BCUT2D eigenvalue weighted by atomic mass is 9.84. The van der Waals surface area contributed by atoms with E-state index in [1.807, 2.05) is 25.9 Å². The first-order valence-corrected chi connectivity index (χ1v) is 11.9. The smallest absolute Gasteiger partial charge is 0.323 e. The Balaban J connectivity index is 2.77. The predicted molar refractivity (Wildman–Crippen MR) is 100 cm³/mol. The van der Waals surface area contributed by atoms with E-state index in [9.17, 15) is 9.59 Å². The van der Waals surface area contributed by atoms with E-state index in [4.69, 9.17) is 14.5 Å². The molecule has 0 saturated carbocycles. The first-order chi connectivity index (χ1) is 11.5. The molecule has 1 aromatic heterocycles. The van der Waals surface area contributed by atoms with Gasteiger partial charge in [0.1, 0.15) is 5.82 Å². The lowest BCUT2D eigenvalue weighted by Gasteiger charge is -2.28. The van der Waals surface area contributed by atoms with E-state index in [0.717, 1.165) is 22.6 Å². The zero-order valence-electron chi connectivity index (χ0n) is 16.4. The van der Waals surface area contributed by atoms with Crippen LogP contribution in [0.3, 0.4) is 0 Å². The molecule has 0 radical (unpaired) electrons. The highest BCUT2D eigenvalue weighted by atomic mass is 28.3. The van der Waals surface area contributed by atoms with Crippen LogP contribution < -0.4 is 10.1 Å². The van der Waals surface area contributed by atoms with Gasteiger partial charge in [-0.1, -0.05) is 19.6 Å². The molecule has 0 amide bonds. The Hall–Kier alpha value is -1.89. The van der Waals surface area contributed by atoms with Crippen LogP contribution >= 0.6 is 0 Å². The molecule has 2 rings (SSSR count). The number of rotatable bonds is 4. The van der Waals surface area contributed by atoms with Crippen LogP contribution in [0.25, 0.3) is 0 Å². The Morgan fingerprint density at radius 3 is 1.92 bits per heavy atom. The fourth-order valence-corrected chi connectivity index (χ4v) is 5.85. The van der Waals surface area contributed by atoms with Crippen LogP contribution in [0.1, 0.15) is 16.8 Å². The minimum atomic E-state index is -1.78. The van der Waals surface area contributed by atoms with E-state index in [2.05, 4.69) is 19.6 Å². The van der Waals surface area contributed by atoms with Crippen LogP contribution in [0.15, 0.2) is 0 Å². The van der Waals surface area contributed by atoms with E-state index in [1.165, 1.54) is 19.4 Å². The van der Waals surface area contributed by atoms with Crippen LogP contribution in [0.2, 0.25) is 19.6 Å². The molecule has 1 aromatic rings. The summed E-state index contributed by atoms with van der Waals surface area (Å²) in [5.41, 5.74) is 1.61. The molecule has 0 aromatic carbocycles. The first kappa shape index (κ1) is 19.4. The standard InChI is InChI=1S/C18H28N2O4Si/c1-11-12-9-18(16(21)23-4,17(22)24-5)10-13(12)14(25(6,7)8)15(19-11)20(2)3/h9-10H2,1-8H3. The first-order valence-electron chi connectivity index (χ1n) is 8.36. The molecule has 0 aliphatic heterocycles. The molecule has 0 unspecified atom stereocenters. The molecule has 0 fully saturated rings. The topological polar surface area (TPSA) is 68.7 Å². The van der Waals surface area contributed by atoms with Gasteiger partial charge in [-0.25, -0.2) is 4.98 Å². The molecular formula is C18H28N2O4Si. The molecule has 0 atom stereocenters. The second kappa shape index (κ2) is 6.44. The number of nitrogens with zero attached hydrogens (tertiary/aromatic N) is 2. The number of ether oxygens (including phenoxy) is 2. The molecule has 0 bridgehead atoms. The zero-order chi connectivity index (χ0) is 19.2. The van der Waals surface area contributed by atoms with Crippen LogP contribution in [0.4, 0.5) is 5.82 Å². The Bertz CT molecular complexity index is 707. The Labute approximate surface area is 150 Å². The average molecular weight is 365 g/mol. The van der Waals surface area contributed by atoms with Crippen molar-refractivity contribution in [3.8, 4) is 0 Å². The van der Waals surface area contributed by atoms with Gasteiger partial charge in [0.25, 0.3) is 0 Å². The van der Waals surface area contributed by atoms with Gasteiger partial charge in [-0.05, 0) is 29.7 Å². The minimum absolute atomic E-state index is 0.283. The maximum atomic E-state index is 12.6. The van der Waals surface area contributed by atoms with Gasteiger partial charge in [0.15, 0.2) is 5.41 Å². The molecule has 7 heteroatoms. The Morgan fingerprint density at radius 1 is 1.04 bits per heavy atom. The third-order valence-electron chi connectivity index (χ3n) is 4.88. The van der Waals surface area contributed by atoms with Crippen molar-refractivity contribution in [3.63, 3.8) is 0 Å². The summed E-state index contributed by atoms with van der Waals surface area (Å²) in [6, 6.07) is 0. The van der Waals surface area contributed by atoms with Gasteiger partial charge in [0, 0.05) is 26.2 Å². The number of carbonyl (C=O) groups excluding carboxylic acids is 2. The highest BCUT2D eigenvalue weighted by Crippen LogP contribution is 2.41. The summed E-state index contributed by atoms with van der Waals surface area (Å²) >= 11 is 0. The molecular weight excluding hydrogens is 336 g/mol. The van der Waals surface area contributed by atoms with Crippen molar-refractivity contribution >= 4 is 31.0 Å². The number of carbonyl (C=O) groups is 2. The largest absolute Gasteiger partial charge is 0.468 e.